The van der Waals surface area contributed by atoms with E-state index >= 15 is 0 Å². The number of anilines is 1. The summed E-state index contributed by atoms with van der Waals surface area (Å²) < 4.78 is 0. The molecule has 0 saturated carbocycles. The number of nitrogens with zero attached hydrogens (tertiary/aromatic N) is 1. The third-order valence-corrected chi connectivity index (χ3v) is 4.64. The van der Waals surface area contributed by atoms with E-state index in [-0.39, 0.29) is 24.8 Å². The molecular formula is C18H17N3O4S. The summed E-state index contributed by atoms with van der Waals surface area (Å²) in [6.45, 7) is 0.150. The van der Waals surface area contributed by atoms with Crippen molar-refractivity contribution in [2.75, 3.05) is 18.5 Å². The second kappa shape index (κ2) is 7.94. The first-order valence-corrected chi connectivity index (χ1v) is 8.82. The van der Waals surface area contributed by atoms with Crippen molar-refractivity contribution < 1.29 is 19.5 Å². The fourth-order valence-electron chi connectivity index (χ4n) is 2.45. The first-order valence-electron chi connectivity index (χ1n) is 7.94. The maximum absolute atomic E-state index is 12.1. The van der Waals surface area contributed by atoms with Gasteiger partial charge in [-0.3, -0.25) is 19.3 Å². The quantitative estimate of drug-likeness (QED) is 0.638. The Hall–Kier alpha value is -2.97. The van der Waals surface area contributed by atoms with Crippen molar-refractivity contribution in [3.05, 3.63) is 64.0 Å². The van der Waals surface area contributed by atoms with E-state index in [0.717, 1.165) is 9.78 Å². The van der Waals surface area contributed by atoms with Crippen LogP contribution >= 0.6 is 11.3 Å². The molecule has 3 rings (SSSR count). The molecule has 1 aliphatic rings. The van der Waals surface area contributed by atoms with Crippen molar-refractivity contribution >= 4 is 34.7 Å². The Balaban J connectivity index is 1.59. The van der Waals surface area contributed by atoms with Crippen LogP contribution in [-0.2, 0) is 16.1 Å². The zero-order valence-electron chi connectivity index (χ0n) is 13.8. The van der Waals surface area contributed by atoms with Gasteiger partial charge in [-0.05, 0) is 35.7 Å². The Morgan fingerprint density at radius 3 is 2.58 bits per heavy atom. The summed E-state index contributed by atoms with van der Waals surface area (Å²) in [6.07, 6.45) is 1.19. The van der Waals surface area contributed by atoms with Crippen molar-refractivity contribution in [1.82, 2.24) is 10.2 Å². The third-order valence-electron chi connectivity index (χ3n) is 3.76. The zero-order chi connectivity index (χ0) is 18.5. The molecule has 0 bridgehead atoms. The van der Waals surface area contributed by atoms with E-state index in [0.29, 0.717) is 17.8 Å². The minimum atomic E-state index is -0.484. The molecule has 0 unspecified atom stereocenters. The van der Waals surface area contributed by atoms with Gasteiger partial charge in [0, 0.05) is 22.2 Å². The van der Waals surface area contributed by atoms with Crippen LogP contribution in [0.25, 0.3) is 0 Å². The van der Waals surface area contributed by atoms with Crippen molar-refractivity contribution in [1.29, 1.82) is 0 Å². The monoisotopic (exact) mass is 371 g/mol. The largest absolute Gasteiger partial charge is 0.395 e. The normalized spacial score (nSPS) is 13.7. The molecule has 0 radical (unpaired) electrons. The molecule has 1 aromatic carbocycles. The lowest BCUT2D eigenvalue weighted by Crippen LogP contribution is -2.34. The Morgan fingerprint density at radius 2 is 1.92 bits per heavy atom. The smallest absolute Gasteiger partial charge is 0.277 e. The number of carbonyl (C=O) groups is 3. The predicted octanol–water partition coefficient (Wildman–Crippen LogP) is 1.33. The lowest BCUT2D eigenvalue weighted by molar-refractivity contribution is -0.137. The van der Waals surface area contributed by atoms with Gasteiger partial charge in [0.05, 0.1) is 19.7 Å². The zero-order valence-corrected chi connectivity index (χ0v) is 14.6. The number of aliphatic hydroxyl groups excluding tert-OH is 1. The van der Waals surface area contributed by atoms with Crippen LogP contribution in [0.3, 0.4) is 0 Å². The van der Waals surface area contributed by atoms with Crippen LogP contribution in [0.5, 0.6) is 0 Å². The van der Waals surface area contributed by atoms with Gasteiger partial charge in [0.2, 0.25) is 0 Å². The minimum Gasteiger partial charge on any atom is -0.395 e. The van der Waals surface area contributed by atoms with Gasteiger partial charge >= 0.3 is 0 Å². The highest BCUT2D eigenvalue weighted by Crippen LogP contribution is 2.17. The summed E-state index contributed by atoms with van der Waals surface area (Å²) in [5.74, 6) is -1.14. The Kier molecular flexibility index (Phi) is 5.45. The van der Waals surface area contributed by atoms with Crippen LogP contribution in [0, 0.1) is 0 Å². The molecule has 26 heavy (non-hydrogen) atoms. The molecule has 3 amide bonds. The number of hydrogen-bond donors (Lipinski definition) is 3. The van der Waals surface area contributed by atoms with Gasteiger partial charge < -0.3 is 15.7 Å². The molecule has 0 atom stereocenters. The molecule has 3 N–H and O–H groups in total. The lowest BCUT2D eigenvalue weighted by atomic mass is 10.2. The van der Waals surface area contributed by atoms with E-state index in [1.807, 2.05) is 17.5 Å². The number of nitrogens with one attached hydrogen (secondary N) is 2. The van der Waals surface area contributed by atoms with E-state index in [1.165, 1.54) is 6.08 Å². The fraction of sp³-hybridized carbons (Fsp3) is 0.167. The second-order valence-corrected chi connectivity index (χ2v) is 6.57. The second-order valence-electron chi connectivity index (χ2n) is 5.54. The molecule has 0 aliphatic carbocycles. The van der Waals surface area contributed by atoms with Crippen LogP contribution in [0.2, 0.25) is 0 Å². The Morgan fingerprint density at radius 1 is 1.15 bits per heavy atom. The van der Waals surface area contributed by atoms with Gasteiger partial charge in [-0.2, -0.15) is 0 Å². The molecule has 1 aromatic heterocycles. The maximum atomic E-state index is 12.1. The Bertz CT molecular complexity index is 844. The third kappa shape index (κ3) is 3.98. The van der Waals surface area contributed by atoms with Crippen LogP contribution in [0.4, 0.5) is 5.69 Å². The molecule has 1 aliphatic heterocycles. The average Bonchev–Trinajstić information content (AvgIpc) is 3.25. The molecule has 2 aromatic rings. The fourth-order valence-corrected chi connectivity index (χ4v) is 3.10. The predicted molar refractivity (Wildman–Crippen MR) is 97.4 cm³/mol. The molecule has 8 heteroatoms. The highest BCUT2D eigenvalue weighted by Gasteiger charge is 2.30. The summed E-state index contributed by atoms with van der Waals surface area (Å²) in [4.78, 5) is 38.0. The number of rotatable bonds is 7. The van der Waals surface area contributed by atoms with Gasteiger partial charge in [0.15, 0.2) is 0 Å². The number of imide groups is 1. The number of aliphatic hydroxyl groups is 1. The molecule has 0 saturated heterocycles. The number of β-amino-alcohol motifs (C(OH)–C–C–N with tert-alkyl or cyclic N) is 1. The molecule has 0 fully saturated rings. The molecule has 0 spiro atoms. The number of hydrogen-bond acceptors (Lipinski definition) is 6. The summed E-state index contributed by atoms with van der Waals surface area (Å²) >= 11 is 1.57. The maximum Gasteiger partial charge on any atom is 0.277 e. The van der Waals surface area contributed by atoms with Crippen molar-refractivity contribution in [2.24, 2.45) is 0 Å². The van der Waals surface area contributed by atoms with E-state index in [1.54, 1.807) is 35.6 Å². The highest BCUT2D eigenvalue weighted by molar-refractivity contribution is 7.09. The van der Waals surface area contributed by atoms with Gasteiger partial charge in [-0.1, -0.05) is 6.07 Å². The van der Waals surface area contributed by atoms with Crippen molar-refractivity contribution in [3.63, 3.8) is 0 Å². The number of benzene rings is 1. The van der Waals surface area contributed by atoms with Crippen LogP contribution in [0.15, 0.2) is 53.6 Å². The first-order chi connectivity index (χ1) is 12.6. The molecule has 2 heterocycles. The van der Waals surface area contributed by atoms with Gasteiger partial charge in [0.1, 0.15) is 5.70 Å². The summed E-state index contributed by atoms with van der Waals surface area (Å²) in [5, 5.41) is 16.6. The average molecular weight is 371 g/mol. The molecule has 134 valence electrons. The summed E-state index contributed by atoms with van der Waals surface area (Å²) in [6, 6.07) is 10.5. The summed E-state index contributed by atoms with van der Waals surface area (Å²) in [5.41, 5.74) is 1.22. The van der Waals surface area contributed by atoms with Crippen LogP contribution in [0.1, 0.15) is 15.2 Å². The minimum absolute atomic E-state index is 0.0390. The van der Waals surface area contributed by atoms with E-state index in [4.69, 9.17) is 5.11 Å². The lowest BCUT2D eigenvalue weighted by Gasteiger charge is -2.13. The topological polar surface area (TPSA) is 98.7 Å². The number of thiophene rings is 1. The Labute approximate surface area is 153 Å². The van der Waals surface area contributed by atoms with Crippen LogP contribution in [-0.4, -0.2) is 40.9 Å². The van der Waals surface area contributed by atoms with Gasteiger partial charge in [-0.25, -0.2) is 0 Å². The number of amides is 3. The van der Waals surface area contributed by atoms with E-state index in [2.05, 4.69) is 10.6 Å². The van der Waals surface area contributed by atoms with E-state index < -0.39 is 11.8 Å². The molecule has 7 nitrogen and oxygen atoms in total. The standard InChI is InChI=1S/C18H17N3O4S/c22-8-7-21-16(23)10-15(18(21)25)20-13-5-3-12(4-6-13)17(24)19-11-14-2-1-9-26-14/h1-6,9-10,20,22H,7-8,11H2,(H,19,24). The van der Waals surface area contributed by atoms with Crippen LogP contribution < -0.4 is 10.6 Å². The van der Waals surface area contributed by atoms with Crippen molar-refractivity contribution in [3.8, 4) is 0 Å². The summed E-state index contributed by atoms with van der Waals surface area (Å²) in [7, 11) is 0. The first kappa shape index (κ1) is 17.8. The molecular weight excluding hydrogens is 354 g/mol. The SMILES string of the molecule is O=C(NCc1cccs1)c1ccc(NC2=CC(=O)N(CCO)C2=O)cc1. The van der Waals surface area contributed by atoms with E-state index in [9.17, 15) is 14.4 Å². The van der Waals surface area contributed by atoms with Gasteiger partial charge in [0.25, 0.3) is 17.7 Å². The van der Waals surface area contributed by atoms with Crippen molar-refractivity contribution in [2.45, 2.75) is 6.54 Å². The highest BCUT2D eigenvalue weighted by atomic mass is 32.1. The number of carbonyl (C=O) groups excluding carboxylic acids is 3. The van der Waals surface area contributed by atoms with Gasteiger partial charge in [-0.15, -0.1) is 11.3 Å².